The first-order chi connectivity index (χ1) is 12.3. The van der Waals surface area contributed by atoms with Gasteiger partial charge in [-0.05, 0) is 37.1 Å². The van der Waals surface area contributed by atoms with E-state index < -0.39 is 40.4 Å². The van der Waals surface area contributed by atoms with Crippen LogP contribution in [0.2, 0.25) is 0 Å². The molecule has 136 valence electrons. The first-order valence-electron chi connectivity index (χ1n) is 7.92. The fourth-order valence-corrected chi connectivity index (χ4v) is 2.88. The number of benzene rings is 1. The van der Waals surface area contributed by atoms with Crippen LogP contribution in [0.25, 0.3) is 11.4 Å². The number of aliphatic hydroxyl groups excluding tert-OH is 2. The molecular weight excluding hydrogens is 345 g/mol. The molecule has 0 aliphatic heterocycles. The molecule has 0 spiro atoms. The van der Waals surface area contributed by atoms with E-state index in [1.54, 1.807) is 0 Å². The molecule has 2 N–H and O–H groups in total. The molecular formula is C17H16FN3O5. The molecule has 1 fully saturated rings. The zero-order valence-corrected chi connectivity index (χ0v) is 13.8. The molecule has 2 aromatic rings. The highest BCUT2D eigenvalue weighted by atomic mass is 19.1. The van der Waals surface area contributed by atoms with Crippen molar-refractivity contribution in [2.45, 2.75) is 25.4 Å². The lowest BCUT2D eigenvalue weighted by Crippen LogP contribution is -2.41. The van der Waals surface area contributed by atoms with Gasteiger partial charge in [0.05, 0.1) is 17.4 Å². The van der Waals surface area contributed by atoms with Crippen LogP contribution < -0.4 is 11.2 Å². The third-order valence-electron chi connectivity index (χ3n) is 4.20. The van der Waals surface area contributed by atoms with Gasteiger partial charge in [0.25, 0.3) is 5.56 Å². The van der Waals surface area contributed by atoms with Crippen LogP contribution in [0.1, 0.15) is 25.0 Å². The van der Waals surface area contributed by atoms with E-state index in [1.807, 2.05) is 0 Å². The Morgan fingerprint density at radius 1 is 1.23 bits per heavy atom. The number of carbonyl (C=O) groups excluding carboxylic acids is 1. The maximum atomic E-state index is 13.1. The van der Waals surface area contributed by atoms with Gasteiger partial charge in [-0.15, -0.1) is 0 Å². The van der Waals surface area contributed by atoms with E-state index in [4.69, 9.17) is 0 Å². The molecule has 0 radical (unpaired) electrons. The van der Waals surface area contributed by atoms with Crippen molar-refractivity contribution in [2.75, 3.05) is 0 Å². The normalized spacial score (nSPS) is 19.5. The molecule has 1 aromatic heterocycles. The molecule has 9 heteroatoms. The molecule has 1 aromatic carbocycles. The third-order valence-corrected chi connectivity index (χ3v) is 4.20. The van der Waals surface area contributed by atoms with Gasteiger partial charge in [0.1, 0.15) is 5.82 Å². The molecule has 0 amide bonds. The molecule has 1 saturated carbocycles. The average Bonchev–Trinajstić information content (AvgIpc) is 2.59. The first-order valence-corrected chi connectivity index (χ1v) is 7.92. The number of aliphatic hydroxyl groups is 2. The lowest BCUT2D eigenvalue weighted by Gasteiger charge is -2.20. The van der Waals surface area contributed by atoms with Crippen LogP contribution in [0, 0.1) is 5.82 Å². The Balaban J connectivity index is 2.27. The summed E-state index contributed by atoms with van der Waals surface area (Å²) in [6.07, 6.45) is -0.344. The van der Waals surface area contributed by atoms with E-state index in [2.05, 4.69) is 5.10 Å². The number of aryl methyl sites for hydroxylation is 1. The molecule has 1 aliphatic rings. The second-order valence-electron chi connectivity index (χ2n) is 5.97. The van der Waals surface area contributed by atoms with Crippen molar-refractivity contribution in [3.05, 3.63) is 62.2 Å². The second kappa shape index (κ2) is 6.68. The van der Waals surface area contributed by atoms with E-state index in [-0.39, 0.29) is 24.1 Å². The molecule has 8 nitrogen and oxygen atoms in total. The number of aromatic nitrogens is 3. The summed E-state index contributed by atoms with van der Waals surface area (Å²) in [6, 6.07) is 4.61. The lowest BCUT2D eigenvalue weighted by molar-refractivity contribution is -0.117. The predicted molar refractivity (Wildman–Crippen MR) is 89.4 cm³/mol. The molecule has 1 atom stereocenters. The number of hydrogen-bond acceptors (Lipinski definition) is 6. The largest absolute Gasteiger partial charge is 0.505 e. The van der Waals surface area contributed by atoms with E-state index in [0.717, 1.165) is 16.8 Å². The van der Waals surface area contributed by atoms with E-state index in [1.165, 1.54) is 19.2 Å². The number of carbonyl (C=O) groups is 1. The summed E-state index contributed by atoms with van der Waals surface area (Å²) in [4.78, 5) is 37.1. The van der Waals surface area contributed by atoms with Crippen molar-refractivity contribution in [3.63, 3.8) is 0 Å². The van der Waals surface area contributed by atoms with Crippen LogP contribution >= 0.6 is 0 Å². The number of Topliss-reactive ketones (excluding diaryl/α,β-unsaturated/α-hetero) is 1. The van der Waals surface area contributed by atoms with Crippen molar-refractivity contribution in [3.8, 4) is 5.69 Å². The summed E-state index contributed by atoms with van der Waals surface area (Å²) >= 11 is 0. The monoisotopic (exact) mass is 361 g/mol. The van der Waals surface area contributed by atoms with Crippen molar-refractivity contribution in [1.82, 2.24) is 14.3 Å². The summed E-state index contributed by atoms with van der Waals surface area (Å²) in [5.41, 5.74) is -2.53. The van der Waals surface area contributed by atoms with E-state index in [9.17, 15) is 29.0 Å². The topological polar surface area (TPSA) is 114 Å². The van der Waals surface area contributed by atoms with Gasteiger partial charge in [-0.1, -0.05) is 0 Å². The number of rotatable bonds is 2. The van der Waals surface area contributed by atoms with Gasteiger partial charge in [0, 0.05) is 13.5 Å². The van der Waals surface area contributed by atoms with Crippen LogP contribution in [-0.4, -0.2) is 36.4 Å². The minimum Gasteiger partial charge on any atom is -0.505 e. The summed E-state index contributed by atoms with van der Waals surface area (Å²) in [7, 11) is 1.27. The fourth-order valence-electron chi connectivity index (χ4n) is 2.88. The van der Waals surface area contributed by atoms with Crippen molar-refractivity contribution >= 4 is 11.5 Å². The van der Waals surface area contributed by atoms with Crippen LogP contribution in [-0.2, 0) is 11.8 Å². The van der Waals surface area contributed by atoms with Crippen LogP contribution in [0.15, 0.2) is 39.4 Å². The van der Waals surface area contributed by atoms with Gasteiger partial charge in [0.15, 0.2) is 17.2 Å². The van der Waals surface area contributed by atoms with Gasteiger partial charge in [0.2, 0.25) is 0 Å². The Morgan fingerprint density at radius 2 is 1.88 bits per heavy atom. The number of nitrogens with zero attached hydrogens (tertiary/aromatic N) is 3. The Morgan fingerprint density at radius 3 is 2.50 bits per heavy atom. The van der Waals surface area contributed by atoms with Gasteiger partial charge < -0.3 is 10.2 Å². The molecule has 1 heterocycles. The standard InChI is InChI=1S/C17H16FN3O5/c1-20-17(26)21(10-7-5-9(18)6-8-10)16(25)14(19-20)15(24)13-11(22)3-2-4-12(13)23/h5-8,11,22,24H,2-4H2,1H3. The molecule has 3 rings (SSSR count). The summed E-state index contributed by atoms with van der Waals surface area (Å²) in [5.74, 6) is -1.78. The smallest absolute Gasteiger partial charge is 0.351 e. The minimum atomic E-state index is -1.21. The zero-order chi connectivity index (χ0) is 19.0. The predicted octanol–water partition coefficient (Wildman–Crippen LogP) is 0.453. The van der Waals surface area contributed by atoms with Crippen molar-refractivity contribution in [2.24, 2.45) is 7.05 Å². The van der Waals surface area contributed by atoms with Crippen molar-refractivity contribution < 1.29 is 19.4 Å². The summed E-state index contributed by atoms with van der Waals surface area (Å²) in [6.45, 7) is 0. The Hall–Kier alpha value is -3.07. The van der Waals surface area contributed by atoms with Crippen LogP contribution in [0.3, 0.4) is 0 Å². The quantitative estimate of drug-likeness (QED) is 0.593. The lowest BCUT2D eigenvalue weighted by atomic mass is 9.89. The van der Waals surface area contributed by atoms with Gasteiger partial charge in [-0.3, -0.25) is 9.59 Å². The van der Waals surface area contributed by atoms with Crippen LogP contribution in [0.4, 0.5) is 4.39 Å². The SMILES string of the molecule is Cn1nc(C(O)=C2C(=O)CCCC2O)c(=O)n(-c2ccc(F)cc2)c1=O. The van der Waals surface area contributed by atoms with Gasteiger partial charge >= 0.3 is 5.69 Å². The molecule has 0 saturated heterocycles. The highest BCUT2D eigenvalue weighted by Crippen LogP contribution is 2.25. The van der Waals surface area contributed by atoms with E-state index in [0.29, 0.717) is 11.0 Å². The number of halogens is 1. The molecule has 1 unspecified atom stereocenters. The Labute approximate surface area is 146 Å². The third kappa shape index (κ3) is 2.97. The maximum absolute atomic E-state index is 13.1. The minimum absolute atomic E-state index is 0.0777. The maximum Gasteiger partial charge on any atom is 0.351 e. The second-order valence-corrected chi connectivity index (χ2v) is 5.97. The summed E-state index contributed by atoms with van der Waals surface area (Å²) < 4.78 is 14.6. The fraction of sp³-hybridized carbons (Fsp3) is 0.294. The van der Waals surface area contributed by atoms with Crippen LogP contribution in [0.5, 0.6) is 0 Å². The average molecular weight is 361 g/mol. The Kier molecular flexibility index (Phi) is 4.56. The molecule has 0 bridgehead atoms. The molecule has 1 aliphatic carbocycles. The highest BCUT2D eigenvalue weighted by molar-refractivity contribution is 6.02. The van der Waals surface area contributed by atoms with Gasteiger partial charge in [-0.25, -0.2) is 18.4 Å². The molecule has 26 heavy (non-hydrogen) atoms. The van der Waals surface area contributed by atoms with Crippen molar-refractivity contribution in [1.29, 1.82) is 0 Å². The first kappa shape index (κ1) is 17.7. The highest BCUT2D eigenvalue weighted by Gasteiger charge is 2.30. The van der Waals surface area contributed by atoms with Gasteiger partial charge in [-0.2, -0.15) is 5.10 Å². The summed E-state index contributed by atoms with van der Waals surface area (Å²) in [5, 5.41) is 24.2. The van der Waals surface area contributed by atoms with E-state index >= 15 is 0 Å². The Bertz CT molecular complexity index is 1020. The number of ketones is 1. The number of hydrogen-bond donors (Lipinski definition) is 2. The zero-order valence-electron chi connectivity index (χ0n) is 13.8.